The lowest BCUT2D eigenvalue weighted by Gasteiger charge is -2.23. The summed E-state index contributed by atoms with van der Waals surface area (Å²) in [5.41, 5.74) is 0.609. The van der Waals surface area contributed by atoms with Crippen molar-refractivity contribution < 1.29 is 9.90 Å². The summed E-state index contributed by atoms with van der Waals surface area (Å²) in [6, 6.07) is 2.16. The molecule has 2 rings (SSSR count). The van der Waals surface area contributed by atoms with Crippen LogP contribution >= 0.6 is 15.9 Å². The first kappa shape index (κ1) is 11.6. The smallest absolute Gasteiger partial charge is 0.309 e. The summed E-state index contributed by atoms with van der Waals surface area (Å²) in [5, 5.41) is 16.3. The molecule has 0 amide bonds. The van der Waals surface area contributed by atoms with E-state index in [1.165, 1.54) is 0 Å². The van der Waals surface area contributed by atoms with Crippen LogP contribution in [0, 0.1) is 0 Å². The fourth-order valence-corrected chi connectivity index (χ4v) is 2.60. The SMILES string of the molecule is O=C(O)Cc1cc(Br)n(C2CCNCC2)n1. The molecule has 1 saturated heterocycles. The summed E-state index contributed by atoms with van der Waals surface area (Å²) in [7, 11) is 0. The molecule has 0 bridgehead atoms. The molecule has 6 heteroatoms. The van der Waals surface area contributed by atoms with Crippen LogP contribution in [0.1, 0.15) is 24.6 Å². The van der Waals surface area contributed by atoms with Crippen LogP contribution < -0.4 is 5.32 Å². The zero-order valence-corrected chi connectivity index (χ0v) is 10.4. The molecule has 16 heavy (non-hydrogen) atoms. The third kappa shape index (κ3) is 2.62. The first-order valence-corrected chi connectivity index (χ1v) is 6.12. The van der Waals surface area contributed by atoms with Crippen molar-refractivity contribution >= 4 is 21.9 Å². The second kappa shape index (κ2) is 4.97. The maximum Gasteiger partial charge on any atom is 0.309 e. The highest BCUT2D eigenvalue weighted by Crippen LogP contribution is 2.24. The first-order chi connectivity index (χ1) is 7.66. The van der Waals surface area contributed by atoms with Crippen LogP contribution in [-0.2, 0) is 11.2 Å². The molecule has 1 aliphatic heterocycles. The molecule has 0 aliphatic carbocycles. The molecule has 1 aromatic heterocycles. The van der Waals surface area contributed by atoms with Crippen molar-refractivity contribution in [3.63, 3.8) is 0 Å². The van der Waals surface area contributed by atoms with Gasteiger partial charge in [0.05, 0.1) is 18.2 Å². The number of aromatic nitrogens is 2. The fourth-order valence-electron chi connectivity index (χ4n) is 1.97. The highest BCUT2D eigenvalue weighted by atomic mass is 79.9. The quantitative estimate of drug-likeness (QED) is 0.877. The van der Waals surface area contributed by atoms with Gasteiger partial charge < -0.3 is 10.4 Å². The van der Waals surface area contributed by atoms with E-state index in [1.807, 2.05) is 4.68 Å². The van der Waals surface area contributed by atoms with E-state index in [9.17, 15) is 4.79 Å². The van der Waals surface area contributed by atoms with Gasteiger partial charge in [0.25, 0.3) is 0 Å². The largest absolute Gasteiger partial charge is 0.481 e. The molecule has 0 unspecified atom stereocenters. The highest BCUT2D eigenvalue weighted by molar-refractivity contribution is 9.10. The maximum absolute atomic E-state index is 10.6. The fraction of sp³-hybridized carbons (Fsp3) is 0.600. The van der Waals surface area contributed by atoms with Crippen molar-refractivity contribution in [3.8, 4) is 0 Å². The third-order valence-electron chi connectivity index (χ3n) is 2.73. The van der Waals surface area contributed by atoms with E-state index >= 15 is 0 Å². The van der Waals surface area contributed by atoms with Gasteiger partial charge in [0.2, 0.25) is 0 Å². The average Bonchev–Trinajstić information content (AvgIpc) is 2.60. The second-order valence-electron chi connectivity index (χ2n) is 3.95. The van der Waals surface area contributed by atoms with Crippen LogP contribution in [0.5, 0.6) is 0 Å². The Morgan fingerprint density at radius 1 is 1.62 bits per heavy atom. The molecule has 1 aliphatic rings. The minimum absolute atomic E-state index is 0.0173. The standard InChI is InChI=1S/C10H14BrN3O2/c11-9-5-7(6-10(15)16)13-14(9)8-1-3-12-4-2-8/h5,8,12H,1-4,6H2,(H,15,16). The Labute approximate surface area is 102 Å². The van der Waals surface area contributed by atoms with Crippen LogP contribution in [0.4, 0.5) is 0 Å². The van der Waals surface area contributed by atoms with E-state index in [0.29, 0.717) is 11.7 Å². The summed E-state index contributed by atoms with van der Waals surface area (Å²) < 4.78 is 2.77. The average molecular weight is 288 g/mol. The van der Waals surface area contributed by atoms with Gasteiger partial charge >= 0.3 is 5.97 Å². The predicted molar refractivity (Wildman–Crippen MR) is 62.4 cm³/mol. The van der Waals surface area contributed by atoms with Crippen LogP contribution in [0.25, 0.3) is 0 Å². The lowest BCUT2D eigenvalue weighted by molar-refractivity contribution is -0.136. The maximum atomic E-state index is 10.6. The molecule has 2 N–H and O–H groups in total. The number of nitrogens with zero attached hydrogens (tertiary/aromatic N) is 2. The van der Waals surface area contributed by atoms with Crippen molar-refractivity contribution in [1.82, 2.24) is 15.1 Å². The zero-order valence-electron chi connectivity index (χ0n) is 8.82. The van der Waals surface area contributed by atoms with E-state index in [-0.39, 0.29) is 6.42 Å². The molecule has 0 aromatic carbocycles. The molecular formula is C10H14BrN3O2. The minimum Gasteiger partial charge on any atom is -0.481 e. The van der Waals surface area contributed by atoms with Crippen LogP contribution in [0.2, 0.25) is 0 Å². The van der Waals surface area contributed by atoms with E-state index < -0.39 is 5.97 Å². The van der Waals surface area contributed by atoms with Crippen LogP contribution in [-0.4, -0.2) is 33.9 Å². The van der Waals surface area contributed by atoms with Crippen molar-refractivity contribution in [1.29, 1.82) is 0 Å². The van der Waals surface area contributed by atoms with Gasteiger partial charge in [-0.15, -0.1) is 0 Å². The van der Waals surface area contributed by atoms with Crippen molar-refractivity contribution in [2.75, 3.05) is 13.1 Å². The predicted octanol–water partition coefficient (Wildman–Crippen LogP) is 1.20. The lowest BCUT2D eigenvalue weighted by Crippen LogP contribution is -2.30. The topological polar surface area (TPSA) is 67.2 Å². The van der Waals surface area contributed by atoms with Gasteiger partial charge in [0, 0.05) is 0 Å². The van der Waals surface area contributed by atoms with Gasteiger partial charge in [-0.2, -0.15) is 5.10 Å². The van der Waals surface area contributed by atoms with Gasteiger partial charge in [0.1, 0.15) is 4.60 Å². The molecule has 0 saturated carbocycles. The Kier molecular flexibility index (Phi) is 3.60. The number of carbonyl (C=O) groups is 1. The first-order valence-electron chi connectivity index (χ1n) is 5.33. The number of piperidine rings is 1. The van der Waals surface area contributed by atoms with E-state index in [0.717, 1.165) is 30.5 Å². The molecule has 2 heterocycles. The van der Waals surface area contributed by atoms with Gasteiger partial charge in [-0.3, -0.25) is 9.48 Å². The Balaban J connectivity index is 2.13. The van der Waals surface area contributed by atoms with Gasteiger partial charge in [-0.05, 0) is 47.9 Å². The summed E-state index contributed by atoms with van der Waals surface area (Å²) >= 11 is 3.43. The number of hydrogen-bond donors (Lipinski definition) is 2. The molecule has 1 aromatic rings. The lowest BCUT2D eigenvalue weighted by atomic mass is 10.1. The Hall–Kier alpha value is -0.880. The number of carboxylic acids is 1. The molecule has 5 nitrogen and oxygen atoms in total. The number of carboxylic acid groups (broad SMARTS) is 1. The summed E-state index contributed by atoms with van der Waals surface area (Å²) in [5.74, 6) is -0.845. The highest BCUT2D eigenvalue weighted by Gasteiger charge is 2.19. The van der Waals surface area contributed by atoms with Crippen molar-refractivity contribution in [2.24, 2.45) is 0 Å². The molecule has 88 valence electrons. The van der Waals surface area contributed by atoms with Gasteiger partial charge in [-0.25, -0.2) is 0 Å². The van der Waals surface area contributed by atoms with Crippen molar-refractivity contribution in [2.45, 2.75) is 25.3 Å². The number of nitrogens with one attached hydrogen (secondary N) is 1. The molecule has 0 radical (unpaired) electrons. The molecule has 0 spiro atoms. The summed E-state index contributed by atoms with van der Waals surface area (Å²) in [6.07, 6.45) is 2.05. The normalized spacial score (nSPS) is 17.6. The van der Waals surface area contributed by atoms with Crippen molar-refractivity contribution in [3.05, 3.63) is 16.4 Å². The van der Waals surface area contributed by atoms with Crippen LogP contribution in [0.15, 0.2) is 10.7 Å². The Morgan fingerprint density at radius 3 is 2.94 bits per heavy atom. The second-order valence-corrected chi connectivity index (χ2v) is 4.77. The number of hydrogen-bond acceptors (Lipinski definition) is 3. The van der Waals surface area contributed by atoms with E-state index in [2.05, 4.69) is 26.3 Å². The zero-order chi connectivity index (χ0) is 11.5. The minimum atomic E-state index is -0.845. The molecular weight excluding hydrogens is 274 g/mol. The van der Waals surface area contributed by atoms with Gasteiger partial charge in [-0.1, -0.05) is 0 Å². The molecule has 0 atom stereocenters. The van der Waals surface area contributed by atoms with E-state index in [4.69, 9.17) is 5.11 Å². The number of rotatable bonds is 3. The summed E-state index contributed by atoms with van der Waals surface area (Å²) in [6.45, 7) is 1.98. The van der Waals surface area contributed by atoms with E-state index in [1.54, 1.807) is 6.07 Å². The monoisotopic (exact) mass is 287 g/mol. The summed E-state index contributed by atoms with van der Waals surface area (Å²) in [4.78, 5) is 10.6. The Bertz CT molecular complexity index is 385. The van der Waals surface area contributed by atoms with Gasteiger partial charge in [0.15, 0.2) is 0 Å². The Morgan fingerprint density at radius 2 is 2.31 bits per heavy atom. The third-order valence-corrected chi connectivity index (χ3v) is 3.32. The molecule has 1 fully saturated rings. The number of halogens is 1. The number of aliphatic carboxylic acids is 1. The van der Waals surface area contributed by atoms with Crippen LogP contribution in [0.3, 0.4) is 0 Å².